The quantitative estimate of drug-likeness (QED) is 0.366. The molecule has 0 saturated heterocycles. The van der Waals surface area contributed by atoms with Gasteiger partial charge in [-0.2, -0.15) is 0 Å². The molecule has 0 atom stereocenters. The average molecular weight is 439 g/mol. The Balaban J connectivity index is 2.11. The average Bonchev–Trinajstić information content (AvgIpc) is 2.78. The molecule has 0 heterocycles. The van der Waals surface area contributed by atoms with Crippen LogP contribution < -0.4 is 15.9 Å². The summed E-state index contributed by atoms with van der Waals surface area (Å²) >= 11 is 14.3. The first-order valence-electron chi connectivity index (χ1n) is 9.39. The van der Waals surface area contributed by atoms with Crippen molar-refractivity contribution < 1.29 is 5.11 Å². The molecule has 0 aliphatic heterocycles. The van der Waals surface area contributed by atoms with E-state index in [1.54, 1.807) is 12.1 Å². The van der Waals surface area contributed by atoms with Crippen LogP contribution in [0.2, 0.25) is 5.02 Å². The van der Waals surface area contributed by atoms with Crippen LogP contribution in [0.1, 0.15) is 5.56 Å². The Hall–Kier alpha value is -2.31. The summed E-state index contributed by atoms with van der Waals surface area (Å²) < 4.78 is 0. The molecule has 1 nitrogen and oxygen atoms in total. The van der Waals surface area contributed by atoms with Gasteiger partial charge in [0.05, 0.1) is 0 Å². The van der Waals surface area contributed by atoms with Crippen molar-refractivity contribution >= 4 is 44.7 Å². The minimum atomic E-state index is -3.48. The molecule has 146 valence electrons. The molecule has 0 aromatic heterocycles. The first-order valence-corrected chi connectivity index (χ1v) is 13.1. The summed E-state index contributed by atoms with van der Waals surface area (Å²) in [6.07, 6.45) is 0.456. The number of hydrogen-bond acceptors (Lipinski definition) is 1. The molecule has 4 aromatic carbocycles. The Labute approximate surface area is 181 Å². The first-order chi connectivity index (χ1) is 14.0. The number of hydrogen-bond donors (Lipinski definition) is 1. The van der Waals surface area contributed by atoms with E-state index in [2.05, 4.69) is 36.4 Å². The molecule has 4 rings (SSSR count). The fourth-order valence-corrected chi connectivity index (χ4v) is 10.2. The third-order valence-electron chi connectivity index (χ3n) is 5.39. The van der Waals surface area contributed by atoms with Crippen LogP contribution in [-0.2, 0) is 6.16 Å². The van der Waals surface area contributed by atoms with E-state index in [4.69, 9.17) is 22.8 Å². The van der Waals surface area contributed by atoms with Crippen LogP contribution in [-0.4, -0.2) is 5.11 Å². The predicted octanol–water partition coefficient (Wildman–Crippen LogP) is 6.23. The zero-order chi connectivity index (χ0) is 20.3. The van der Waals surface area contributed by atoms with Crippen molar-refractivity contribution in [2.45, 2.75) is 6.16 Å². The molecule has 0 amide bonds. The van der Waals surface area contributed by atoms with Gasteiger partial charge < -0.3 is 0 Å². The summed E-state index contributed by atoms with van der Waals surface area (Å²) in [5.74, 6) is -3.28. The number of phenolic OH excluding ortho intramolecular Hbond substituents is 1. The maximum atomic E-state index is 10.7. The van der Waals surface area contributed by atoms with Gasteiger partial charge >= 0.3 is 182 Å². The monoisotopic (exact) mass is 438 g/mol. The molecule has 0 aliphatic rings. The van der Waals surface area contributed by atoms with Gasteiger partial charge in [0.25, 0.3) is 0 Å². The Morgan fingerprint density at radius 1 is 0.621 bits per heavy atom. The molecule has 0 spiro atoms. The van der Waals surface area contributed by atoms with E-state index in [1.807, 2.05) is 60.7 Å². The Morgan fingerprint density at radius 3 is 1.45 bits per heavy atom. The summed E-state index contributed by atoms with van der Waals surface area (Å²) in [5.41, 5.74) is 0.738. The van der Waals surface area contributed by atoms with E-state index < -0.39 is 5.96 Å². The van der Waals surface area contributed by atoms with Crippen LogP contribution in [0, 0.1) is 0 Å². The second-order valence-corrected chi connectivity index (χ2v) is 14.0. The van der Waals surface area contributed by atoms with Crippen molar-refractivity contribution in [3.05, 3.63) is 120 Å². The van der Waals surface area contributed by atoms with Crippen LogP contribution in [0.25, 0.3) is 0 Å². The number of halogens is 2. The number of rotatable bonds is 5. The van der Waals surface area contributed by atoms with E-state index in [1.165, 1.54) is 0 Å². The fraction of sp³-hybridized carbons (Fsp3) is 0.0400. The summed E-state index contributed by atoms with van der Waals surface area (Å²) in [5, 5.41) is 14.4. The molecular formula is C25H21Cl2OP. The molecule has 0 aliphatic carbocycles. The molecule has 4 aromatic rings. The van der Waals surface area contributed by atoms with Crippen molar-refractivity contribution in [1.82, 2.24) is 0 Å². The third-order valence-corrected chi connectivity index (χ3v) is 12.8. The third kappa shape index (κ3) is 3.45. The number of phenols is 1. The Morgan fingerprint density at radius 2 is 1.03 bits per heavy atom. The maximum absolute atomic E-state index is 10.7. The summed E-state index contributed by atoms with van der Waals surface area (Å²) in [4.78, 5) is 0. The summed E-state index contributed by atoms with van der Waals surface area (Å²) in [7, 11) is 0. The van der Waals surface area contributed by atoms with Crippen LogP contribution in [0.4, 0.5) is 0 Å². The van der Waals surface area contributed by atoms with Gasteiger partial charge in [0.15, 0.2) is 0 Å². The second kappa shape index (κ2) is 7.84. The van der Waals surface area contributed by atoms with E-state index in [9.17, 15) is 5.11 Å². The van der Waals surface area contributed by atoms with E-state index in [0.717, 1.165) is 21.5 Å². The molecule has 0 bridgehead atoms. The molecule has 4 heteroatoms. The first kappa shape index (κ1) is 20.0. The zero-order valence-corrected chi connectivity index (χ0v) is 18.2. The molecule has 0 fully saturated rings. The van der Waals surface area contributed by atoms with Gasteiger partial charge in [0.2, 0.25) is 0 Å². The van der Waals surface area contributed by atoms with Gasteiger partial charge in [-0.1, -0.05) is 0 Å². The van der Waals surface area contributed by atoms with Crippen LogP contribution in [0.5, 0.6) is 5.75 Å². The predicted molar refractivity (Wildman–Crippen MR) is 128 cm³/mol. The fourth-order valence-electron chi connectivity index (χ4n) is 3.94. The standard InChI is InChI=1S/C25H21Cl2OP/c26-21-16-17-25(28)20(18-21)19-29(27,22-10-4-1-5-11-22,23-12-6-2-7-13-23)24-14-8-3-9-15-24/h1-18,28H,19H2. The second-order valence-electron chi connectivity index (χ2n) is 7.12. The topological polar surface area (TPSA) is 20.2 Å². The SMILES string of the molecule is Oc1ccc(Cl)cc1CP(Cl)(c1ccccc1)(c1ccccc1)c1ccccc1. The molecule has 1 N–H and O–H groups in total. The summed E-state index contributed by atoms with van der Waals surface area (Å²) in [6, 6.07) is 35.8. The van der Waals surface area contributed by atoms with Crippen LogP contribution >= 0.6 is 28.8 Å². The van der Waals surface area contributed by atoms with E-state index in [0.29, 0.717) is 11.2 Å². The van der Waals surface area contributed by atoms with Gasteiger partial charge in [-0.25, -0.2) is 0 Å². The van der Waals surface area contributed by atoms with Crippen LogP contribution in [0.15, 0.2) is 109 Å². The number of benzene rings is 4. The van der Waals surface area contributed by atoms with Gasteiger partial charge in [-0.05, 0) is 0 Å². The zero-order valence-electron chi connectivity index (χ0n) is 15.7. The van der Waals surface area contributed by atoms with E-state index >= 15 is 0 Å². The summed E-state index contributed by atoms with van der Waals surface area (Å²) in [6.45, 7) is 0. The molecule has 0 saturated carbocycles. The molecule has 0 radical (unpaired) electrons. The normalized spacial score (nSPS) is 12.8. The molecule has 29 heavy (non-hydrogen) atoms. The Kier molecular flexibility index (Phi) is 5.40. The van der Waals surface area contributed by atoms with Crippen molar-refractivity contribution in [2.75, 3.05) is 0 Å². The van der Waals surface area contributed by atoms with Gasteiger partial charge in [-0.3, -0.25) is 0 Å². The van der Waals surface area contributed by atoms with Gasteiger partial charge in [0, 0.05) is 0 Å². The van der Waals surface area contributed by atoms with Crippen molar-refractivity contribution in [1.29, 1.82) is 0 Å². The van der Waals surface area contributed by atoms with Crippen molar-refractivity contribution in [3.8, 4) is 5.75 Å². The van der Waals surface area contributed by atoms with Gasteiger partial charge in [0.1, 0.15) is 0 Å². The minimum absolute atomic E-state index is 0.201. The molecule has 0 unspecified atom stereocenters. The van der Waals surface area contributed by atoms with Gasteiger partial charge in [-0.15, -0.1) is 0 Å². The molecular weight excluding hydrogens is 418 g/mol. The van der Waals surface area contributed by atoms with Crippen molar-refractivity contribution in [3.63, 3.8) is 0 Å². The Bertz CT molecular complexity index is 1020. The number of aromatic hydroxyl groups is 1. The van der Waals surface area contributed by atoms with Crippen molar-refractivity contribution in [2.24, 2.45) is 0 Å². The van der Waals surface area contributed by atoms with E-state index in [-0.39, 0.29) is 5.75 Å². The van der Waals surface area contributed by atoms with Crippen LogP contribution in [0.3, 0.4) is 0 Å².